The summed E-state index contributed by atoms with van der Waals surface area (Å²) in [5.74, 6) is 1.44. The number of carbonyl (C=O) groups excluding carboxylic acids is 1. The molecule has 168 valence electrons. The maximum atomic E-state index is 13.3. The van der Waals surface area contributed by atoms with Crippen LogP contribution in [0.2, 0.25) is 0 Å². The Morgan fingerprint density at radius 1 is 1.26 bits per heavy atom. The number of thiophene rings is 1. The van der Waals surface area contributed by atoms with Gasteiger partial charge in [0.15, 0.2) is 11.5 Å². The van der Waals surface area contributed by atoms with Gasteiger partial charge in [0.25, 0.3) is 5.91 Å². The molecule has 2 aliphatic rings. The largest absolute Gasteiger partial charge is 0.493 e. The van der Waals surface area contributed by atoms with Gasteiger partial charge in [-0.15, -0.1) is 11.3 Å². The molecule has 2 aromatic rings. The molecule has 6 nitrogen and oxygen atoms in total. The minimum absolute atomic E-state index is 0.0415. The summed E-state index contributed by atoms with van der Waals surface area (Å²) in [6.45, 7) is 8.01. The lowest BCUT2D eigenvalue weighted by Crippen LogP contribution is -2.44. The van der Waals surface area contributed by atoms with Crippen molar-refractivity contribution in [3.63, 3.8) is 0 Å². The fourth-order valence-corrected chi connectivity index (χ4v) is 4.73. The Labute approximate surface area is 188 Å². The summed E-state index contributed by atoms with van der Waals surface area (Å²) in [6.07, 6.45) is 2.14. The first-order valence-electron chi connectivity index (χ1n) is 10.8. The van der Waals surface area contributed by atoms with E-state index in [0.29, 0.717) is 44.4 Å². The summed E-state index contributed by atoms with van der Waals surface area (Å²) < 4.78 is 22.7. The minimum Gasteiger partial charge on any atom is -0.493 e. The highest BCUT2D eigenvalue weighted by Gasteiger charge is 2.34. The van der Waals surface area contributed by atoms with Crippen molar-refractivity contribution in [1.29, 1.82) is 0 Å². The van der Waals surface area contributed by atoms with Crippen molar-refractivity contribution >= 4 is 17.2 Å². The fraction of sp³-hybridized carbons (Fsp3) is 0.542. The number of hydrogen-bond donors (Lipinski definition) is 0. The third kappa shape index (κ3) is 5.40. The number of benzene rings is 1. The Balaban J connectivity index is 1.51. The summed E-state index contributed by atoms with van der Waals surface area (Å²) in [5.41, 5.74) is 1.05. The molecule has 0 saturated carbocycles. The number of nitrogens with zero attached hydrogens (tertiary/aromatic N) is 1. The second kappa shape index (κ2) is 9.59. The van der Waals surface area contributed by atoms with Crippen molar-refractivity contribution < 1.29 is 23.7 Å². The molecular weight excluding hydrogens is 414 g/mol. The monoisotopic (exact) mass is 445 g/mol. The first-order chi connectivity index (χ1) is 15.0. The zero-order valence-electron chi connectivity index (χ0n) is 18.5. The van der Waals surface area contributed by atoms with Crippen LogP contribution < -0.4 is 9.47 Å². The van der Waals surface area contributed by atoms with E-state index in [1.807, 2.05) is 42.2 Å². The molecule has 2 saturated heterocycles. The third-order valence-electron chi connectivity index (χ3n) is 5.77. The van der Waals surface area contributed by atoms with E-state index >= 15 is 0 Å². The highest BCUT2D eigenvalue weighted by molar-refractivity contribution is 7.13. The Morgan fingerprint density at radius 2 is 2.10 bits per heavy atom. The number of methoxy groups -OCH3 is 1. The van der Waals surface area contributed by atoms with Gasteiger partial charge in [-0.2, -0.15) is 0 Å². The van der Waals surface area contributed by atoms with Gasteiger partial charge in [-0.25, -0.2) is 0 Å². The molecule has 1 aromatic carbocycles. The molecule has 0 spiro atoms. The lowest BCUT2D eigenvalue weighted by molar-refractivity contribution is -0.120. The van der Waals surface area contributed by atoms with Crippen molar-refractivity contribution in [1.82, 2.24) is 4.90 Å². The number of ether oxygens (including phenoxy) is 4. The van der Waals surface area contributed by atoms with Crippen LogP contribution in [0, 0.1) is 12.3 Å². The molecule has 0 radical (unpaired) electrons. The Bertz CT molecular complexity index is 901. The number of carbonyl (C=O) groups is 1. The van der Waals surface area contributed by atoms with E-state index in [2.05, 4.69) is 6.92 Å². The molecule has 4 rings (SSSR count). The molecule has 0 bridgehead atoms. The second-order valence-electron chi connectivity index (χ2n) is 8.81. The van der Waals surface area contributed by atoms with Gasteiger partial charge in [0, 0.05) is 30.0 Å². The van der Waals surface area contributed by atoms with Gasteiger partial charge in [0.2, 0.25) is 0 Å². The van der Waals surface area contributed by atoms with E-state index in [0.717, 1.165) is 34.8 Å². The minimum atomic E-state index is 0.0415. The number of aryl methyl sites for hydroxylation is 1. The van der Waals surface area contributed by atoms with Crippen molar-refractivity contribution in [3.8, 4) is 11.5 Å². The zero-order valence-corrected chi connectivity index (χ0v) is 19.3. The van der Waals surface area contributed by atoms with Gasteiger partial charge in [-0.05, 0) is 49.6 Å². The summed E-state index contributed by atoms with van der Waals surface area (Å²) in [7, 11) is 1.64. The van der Waals surface area contributed by atoms with E-state index in [1.165, 1.54) is 11.3 Å². The van der Waals surface area contributed by atoms with Gasteiger partial charge in [0.05, 0.1) is 37.9 Å². The standard InChI is InChI=1S/C24H31NO5S/c1-17-6-9-22(31-17)23(26)25(13-19-5-4-10-29-19)12-18-7-8-20(27-3)21(11-18)30-16-24(2)14-28-15-24/h6-9,11,19H,4-5,10,12-16H2,1-3H3. The van der Waals surface area contributed by atoms with Crippen molar-refractivity contribution in [2.45, 2.75) is 39.3 Å². The summed E-state index contributed by atoms with van der Waals surface area (Å²) in [5, 5.41) is 0. The Morgan fingerprint density at radius 3 is 2.71 bits per heavy atom. The van der Waals surface area contributed by atoms with E-state index in [4.69, 9.17) is 18.9 Å². The van der Waals surface area contributed by atoms with Gasteiger partial charge in [-0.1, -0.05) is 13.0 Å². The molecule has 3 heterocycles. The molecular formula is C24H31NO5S. The van der Waals surface area contributed by atoms with Crippen LogP contribution in [0.1, 0.15) is 39.9 Å². The molecule has 1 atom stereocenters. The van der Waals surface area contributed by atoms with Crippen LogP contribution in [0.25, 0.3) is 0 Å². The highest BCUT2D eigenvalue weighted by Crippen LogP contribution is 2.33. The quantitative estimate of drug-likeness (QED) is 0.576. The molecule has 0 aliphatic carbocycles. The molecule has 2 aliphatic heterocycles. The van der Waals surface area contributed by atoms with Crippen molar-refractivity contribution in [3.05, 3.63) is 45.6 Å². The van der Waals surface area contributed by atoms with Crippen LogP contribution in [0.5, 0.6) is 11.5 Å². The molecule has 31 heavy (non-hydrogen) atoms. The number of hydrogen-bond acceptors (Lipinski definition) is 6. The average molecular weight is 446 g/mol. The first kappa shape index (κ1) is 22.1. The van der Waals surface area contributed by atoms with Gasteiger partial charge in [0.1, 0.15) is 0 Å². The lowest BCUT2D eigenvalue weighted by atomic mass is 9.90. The first-order valence-corrected chi connectivity index (χ1v) is 11.6. The zero-order chi connectivity index (χ0) is 21.8. The summed E-state index contributed by atoms with van der Waals surface area (Å²) in [4.78, 5) is 17.1. The third-order valence-corrected chi connectivity index (χ3v) is 6.75. The highest BCUT2D eigenvalue weighted by atomic mass is 32.1. The number of rotatable bonds is 9. The van der Waals surface area contributed by atoms with Crippen LogP contribution in [-0.2, 0) is 16.0 Å². The van der Waals surface area contributed by atoms with Crippen LogP contribution >= 0.6 is 11.3 Å². The smallest absolute Gasteiger partial charge is 0.264 e. The molecule has 2 fully saturated rings. The predicted molar refractivity (Wildman–Crippen MR) is 120 cm³/mol. The maximum Gasteiger partial charge on any atom is 0.264 e. The molecule has 1 unspecified atom stereocenters. The van der Waals surface area contributed by atoms with Gasteiger partial charge < -0.3 is 23.8 Å². The van der Waals surface area contributed by atoms with Crippen molar-refractivity contribution in [2.24, 2.45) is 5.41 Å². The Kier molecular flexibility index (Phi) is 6.84. The topological polar surface area (TPSA) is 57.2 Å². The van der Waals surface area contributed by atoms with Crippen LogP contribution in [0.15, 0.2) is 30.3 Å². The van der Waals surface area contributed by atoms with Gasteiger partial charge >= 0.3 is 0 Å². The van der Waals surface area contributed by atoms with Crippen LogP contribution in [0.3, 0.4) is 0 Å². The predicted octanol–water partition coefficient (Wildman–Crippen LogP) is 4.30. The molecule has 0 N–H and O–H groups in total. The summed E-state index contributed by atoms with van der Waals surface area (Å²) in [6, 6.07) is 9.79. The molecule has 7 heteroatoms. The normalized spacial score (nSPS) is 19.6. The molecule has 1 amide bonds. The Hall–Kier alpha value is -2.09. The lowest BCUT2D eigenvalue weighted by Gasteiger charge is -2.37. The fourth-order valence-electron chi connectivity index (χ4n) is 3.90. The van der Waals surface area contributed by atoms with Gasteiger partial charge in [-0.3, -0.25) is 4.79 Å². The second-order valence-corrected chi connectivity index (χ2v) is 10.1. The summed E-state index contributed by atoms with van der Waals surface area (Å²) >= 11 is 1.53. The van der Waals surface area contributed by atoms with E-state index < -0.39 is 0 Å². The number of amides is 1. The van der Waals surface area contributed by atoms with Crippen LogP contribution in [-0.4, -0.2) is 57.0 Å². The molecule has 1 aromatic heterocycles. The van der Waals surface area contributed by atoms with Crippen LogP contribution in [0.4, 0.5) is 0 Å². The van der Waals surface area contributed by atoms with E-state index in [9.17, 15) is 4.79 Å². The van der Waals surface area contributed by atoms with E-state index in [1.54, 1.807) is 7.11 Å². The van der Waals surface area contributed by atoms with Crippen molar-refractivity contribution in [2.75, 3.05) is 40.1 Å². The average Bonchev–Trinajstić information content (AvgIpc) is 3.41. The maximum absolute atomic E-state index is 13.3. The SMILES string of the molecule is COc1ccc(CN(CC2CCCO2)C(=O)c2ccc(C)s2)cc1OCC1(C)COC1. The van der Waals surface area contributed by atoms with E-state index in [-0.39, 0.29) is 17.4 Å².